The van der Waals surface area contributed by atoms with E-state index in [0.29, 0.717) is 12.6 Å². The quantitative estimate of drug-likeness (QED) is 0.855. The molecule has 4 heteroatoms. The van der Waals surface area contributed by atoms with E-state index >= 15 is 0 Å². The number of aromatic nitrogens is 1. The lowest BCUT2D eigenvalue weighted by molar-refractivity contribution is 0.151. The van der Waals surface area contributed by atoms with Crippen molar-refractivity contribution in [3.8, 4) is 0 Å². The van der Waals surface area contributed by atoms with Crippen molar-refractivity contribution >= 4 is 11.3 Å². The molecule has 2 rings (SSSR count). The van der Waals surface area contributed by atoms with Crippen molar-refractivity contribution in [1.82, 2.24) is 9.88 Å². The Morgan fingerprint density at radius 3 is 3.13 bits per heavy atom. The van der Waals surface area contributed by atoms with Gasteiger partial charge in [0.05, 0.1) is 5.69 Å². The number of rotatable bonds is 3. The van der Waals surface area contributed by atoms with E-state index in [9.17, 15) is 0 Å². The maximum absolute atomic E-state index is 5.56. The van der Waals surface area contributed by atoms with Gasteiger partial charge in [-0.25, -0.2) is 4.98 Å². The molecule has 1 aromatic heterocycles. The highest BCUT2D eigenvalue weighted by Gasteiger charge is 2.18. The minimum absolute atomic E-state index is 0.570. The van der Waals surface area contributed by atoms with Crippen LogP contribution in [0.3, 0.4) is 0 Å². The molecule has 84 valence electrons. The summed E-state index contributed by atoms with van der Waals surface area (Å²) in [5.74, 6) is 0. The fourth-order valence-corrected chi connectivity index (χ4v) is 2.78. The van der Waals surface area contributed by atoms with E-state index in [1.165, 1.54) is 31.5 Å². The van der Waals surface area contributed by atoms with Crippen LogP contribution in [0.25, 0.3) is 0 Å². The monoisotopic (exact) mass is 225 g/mol. The van der Waals surface area contributed by atoms with Crippen LogP contribution in [0.4, 0.5) is 0 Å². The Balaban J connectivity index is 1.95. The van der Waals surface area contributed by atoms with Crippen LogP contribution in [0, 0.1) is 0 Å². The van der Waals surface area contributed by atoms with E-state index in [1.807, 2.05) is 0 Å². The molecule has 0 radical (unpaired) electrons. The first-order valence-electron chi connectivity index (χ1n) is 5.67. The highest BCUT2D eigenvalue weighted by Crippen LogP contribution is 2.19. The van der Waals surface area contributed by atoms with Crippen molar-refractivity contribution in [2.45, 2.75) is 45.3 Å². The van der Waals surface area contributed by atoms with Gasteiger partial charge in [0.2, 0.25) is 0 Å². The molecule has 0 aliphatic carbocycles. The predicted molar refractivity (Wildman–Crippen MR) is 63.7 cm³/mol. The second-order valence-electron chi connectivity index (χ2n) is 4.25. The molecular weight excluding hydrogens is 206 g/mol. The first-order valence-corrected chi connectivity index (χ1v) is 6.55. The van der Waals surface area contributed by atoms with Gasteiger partial charge in [0, 0.05) is 24.5 Å². The Hall–Kier alpha value is -0.450. The Labute approximate surface area is 95.3 Å². The largest absolute Gasteiger partial charge is 0.325 e. The fourth-order valence-electron chi connectivity index (χ4n) is 2.12. The first kappa shape index (κ1) is 11.0. The highest BCUT2D eigenvalue weighted by molar-refractivity contribution is 7.09. The van der Waals surface area contributed by atoms with Gasteiger partial charge in [0.25, 0.3) is 0 Å². The number of hydrogen-bond donors (Lipinski definition) is 1. The topological polar surface area (TPSA) is 42.1 Å². The Kier molecular flexibility index (Phi) is 3.72. The lowest BCUT2D eigenvalue weighted by Gasteiger charge is -2.32. The molecule has 3 nitrogen and oxygen atoms in total. The van der Waals surface area contributed by atoms with E-state index in [-0.39, 0.29) is 0 Å². The molecule has 1 atom stereocenters. The summed E-state index contributed by atoms with van der Waals surface area (Å²) in [4.78, 5) is 7.04. The van der Waals surface area contributed by atoms with Crippen LogP contribution in [0.15, 0.2) is 5.38 Å². The van der Waals surface area contributed by atoms with Crippen LogP contribution >= 0.6 is 11.3 Å². The molecule has 0 spiro atoms. The van der Waals surface area contributed by atoms with Gasteiger partial charge >= 0.3 is 0 Å². The maximum atomic E-state index is 5.56. The standard InChI is InChI=1S/C11H19N3S/c1-9-4-2-3-5-14(9)7-10-8-15-11(6-12)13-10/h8-9H,2-7,12H2,1H3. The summed E-state index contributed by atoms with van der Waals surface area (Å²) in [5.41, 5.74) is 6.75. The van der Waals surface area contributed by atoms with E-state index in [1.54, 1.807) is 11.3 Å². The molecule has 0 aromatic carbocycles. The SMILES string of the molecule is CC1CCCCN1Cc1csc(CN)n1. The van der Waals surface area contributed by atoms with Crippen LogP contribution < -0.4 is 5.73 Å². The minimum atomic E-state index is 0.570. The fraction of sp³-hybridized carbons (Fsp3) is 0.727. The second kappa shape index (κ2) is 5.05. The molecule has 0 saturated carbocycles. The van der Waals surface area contributed by atoms with Gasteiger partial charge in [-0.3, -0.25) is 4.90 Å². The lowest BCUT2D eigenvalue weighted by Crippen LogP contribution is -2.36. The molecule has 0 bridgehead atoms. The molecule has 1 saturated heterocycles. The summed E-state index contributed by atoms with van der Waals surface area (Å²) in [5, 5.41) is 3.19. The first-order chi connectivity index (χ1) is 7.29. The molecule has 2 heterocycles. The van der Waals surface area contributed by atoms with Crippen LogP contribution in [0.1, 0.15) is 36.9 Å². The molecule has 0 amide bonds. The maximum Gasteiger partial charge on any atom is 0.106 e. The predicted octanol–water partition coefficient (Wildman–Crippen LogP) is 1.98. The van der Waals surface area contributed by atoms with Gasteiger partial charge in [0.15, 0.2) is 0 Å². The zero-order valence-corrected chi connectivity index (χ0v) is 10.1. The van der Waals surface area contributed by atoms with Crippen LogP contribution in [0.2, 0.25) is 0 Å². The summed E-state index contributed by atoms with van der Waals surface area (Å²) >= 11 is 1.68. The molecule has 1 aliphatic rings. The Morgan fingerprint density at radius 2 is 2.47 bits per heavy atom. The number of hydrogen-bond acceptors (Lipinski definition) is 4. The molecule has 2 N–H and O–H groups in total. The molecule has 15 heavy (non-hydrogen) atoms. The Bertz CT molecular complexity index is 311. The second-order valence-corrected chi connectivity index (χ2v) is 5.19. The van der Waals surface area contributed by atoms with E-state index < -0.39 is 0 Å². The molecule has 1 aromatic rings. The van der Waals surface area contributed by atoms with Gasteiger partial charge in [-0.1, -0.05) is 6.42 Å². The summed E-state index contributed by atoms with van der Waals surface area (Å²) in [6, 6.07) is 0.710. The number of thiazole rings is 1. The summed E-state index contributed by atoms with van der Waals surface area (Å²) in [7, 11) is 0. The zero-order chi connectivity index (χ0) is 10.7. The van der Waals surface area contributed by atoms with Crippen molar-refractivity contribution in [3.63, 3.8) is 0 Å². The van der Waals surface area contributed by atoms with Crippen molar-refractivity contribution in [2.24, 2.45) is 5.73 Å². The summed E-state index contributed by atoms with van der Waals surface area (Å²) < 4.78 is 0. The van der Waals surface area contributed by atoms with Crippen LogP contribution in [0.5, 0.6) is 0 Å². The molecule has 1 fully saturated rings. The van der Waals surface area contributed by atoms with Crippen molar-refractivity contribution < 1.29 is 0 Å². The Morgan fingerprint density at radius 1 is 1.60 bits per heavy atom. The summed E-state index contributed by atoms with van der Waals surface area (Å²) in [6.45, 7) is 5.10. The average molecular weight is 225 g/mol. The average Bonchev–Trinajstić information content (AvgIpc) is 2.69. The van der Waals surface area contributed by atoms with Crippen molar-refractivity contribution in [2.75, 3.05) is 6.54 Å². The van der Waals surface area contributed by atoms with Gasteiger partial charge < -0.3 is 5.73 Å². The molecule has 1 unspecified atom stereocenters. The number of likely N-dealkylation sites (tertiary alicyclic amines) is 1. The van der Waals surface area contributed by atoms with E-state index in [4.69, 9.17) is 5.73 Å². The molecular formula is C11H19N3S. The van der Waals surface area contributed by atoms with Crippen molar-refractivity contribution in [3.05, 3.63) is 16.1 Å². The van der Waals surface area contributed by atoms with Gasteiger partial charge in [-0.15, -0.1) is 11.3 Å². The summed E-state index contributed by atoms with van der Waals surface area (Å²) in [6.07, 6.45) is 4.04. The molecule has 1 aliphatic heterocycles. The third kappa shape index (κ3) is 2.77. The van der Waals surface area contributed by atoms with Crippen molar-refractivity contribution in [1.29, 1.82) is 0 Å². The van der Waals surface area contributed by atoms with Gasteiger partial charge in [0.1, 0.15) is 5.01 Å². The smallest absolute Gasteiger partial charge is 0.106 e. The van der Waals surface area contributed by atoms with Gasteiger partial charge in [-0.2, -0.15) is 0 Å². The zero-order valence-electron chi connectivity index (χ0n) is 9.28. The van der Waals surface area contributed by atoms with Crippen LogP contribution in [-0.4, -0.2) is 22.5 Å². The third-order valence-electron chi connectivity index (χ3n) is 3.08. The third-order valence-corrected chi connectivity index (χ3v) is 4.00. The van der Waals surface area contributed by atoms with E-state index in [2.05, 4.69) is 22.2 Å². The van der Waals surface area contributed by atoms with Crippen LogP contribution in [-0.2, 0) is 13.1 Å². The number of nitrogens with two attached hydrogens (primary N) is 1. The normalized spacial score (nSPS) is 23.2. The van der Waals surface area contributed by atoms with E-state index in [0.717, 1.165) is 11.6 Å². The lowest BCUT2D eigenvalue weighted by atomic mass is 10.0. The van der Waals surface area contributed by atoms with Gasteiger partial charge in [-0.05, 0) is 26.3 Å². The number of nitrogens with zero attached hydrogens (tertiary/aromatic N) is 2. The number of piperidine rings is 1. The minimum Gasteiger partial charge on any atom is -0.325 e. The highest BCUT2D eigenvalue weighted by atomic mass is 32.1.